The number of hydrogen-bond donors (Lipinski definition) is 1. The van der Waals surface area contributed by atoms with E-state index in [0.29, 0.717) is 0 Å². The number of fused-ring (bicyclic) bond motifs is 1. The number of nitrogens with zero attached hydrogens (tertiary/aromatic N) is 2. The van der Waals surface area contributed by atoms with Crippen LogP contribution in [0.2, 0.25) is 0 Å². The van der Waals surface area contributed by atoms with Crippen LogP contribution >= 0.6 is 0 Å². The smallest absolute Gasteiger partial charge is 0.408 e. The van der Waals surface area contributed by atoms with Gasteiger partial charge in [0, 0.05) is 0 Å². The average molecular weight is 325 g/mol. The number of alkyl carbamates (subject to hydrolysis) is 1. The van der Waals surface area contributed by atoms with Gasteiger partial charge in [0.25, 0.3) is 0 Å². The fraction of sp³-hybridized carbons (Fsp3) is 0.421. The predicted molar refractivity (Wildman–Crippen MR) is 94.5 cm³/mol. The zero-order valence-electron chi connectivity index (χ0n) is 14.4. The second kappa shape index (κ2) is 6.59. The molecule has 1 aromatic heterocycles. The van der Waals surface area contributed by atoms with Crippen molar-refractivity contribution in [2.24, 2.45) is 0 Å². The van der Waals surface area contributed by atoms with Gasteiger partial charge >= 0.3 is 6.09 Å². The number of hydrogen-bond acceptors (Lipinski definition) is 4. The Kier molecular flexibility index (Phi) is 4.51. The number of aromatic nitrogens is 2. The summed E-state index contributed by atoms with van der Waals surface area (Å²) >= 11 is 0. The molecule has 24 heavy (non-hydrogen) atoms. The van der Waals surface area contributed by atoms with Crippen LogP contribution in [0.4, 0.5) is 4.79 Å². The zero-order chi connectivity index (χ0) is 17.2. The van der Waals surface area contributed by atoms with Crippen molar-refractivity contribution < 1.29 is 9.53 Å². The van der Waals surface area contributed by atoms with Crippen LogP contribution in [0.25, 0.3) is 17.1 Å². The Balaban J connectivity index is 1.76. The van der Waals surface area contributed by atoms with Gasteiger partial charge in [0.05, 0.1) is 29.0 Å². The first-order chi connectivity index (χ1) is 11.4. The summed E-state index contributed by atoms with van der Waals surface area (Å²) in [5.41, 5.74) is 3.26. The van der Waals surface area contributed by atoms with Crippen LogP contribution < -0.4 is 5.32 Å². The van der Waals surface area contributed by atoms with E-state index < -0.39 is 5.60 Å². The van der Waals surface area contributed by atoms with Gasteiger partial charge in [-0.25, -0.2) is 9.78 Å². The molecular formula is C19H23N3O2. The van der Waals surface area contributed by atoms with Crippen LogP contribution in [-0.2, 0) is 4.74 Å². The zero-order valence-corrected chi connectivity index (χ0v) is 14.4. The van der Waals surface area contributed by atoms with E-state index in [4.69, 9.17) is 4.74 Å². The van der Waals surface area contributed by atoms with Crippen LogP contribution in [0.3, 0.4) is 0 Å². The van der Waals surface area contributed by atoms with Crippen LogP contribution in [0.5, 0.6) is 0 Å². The summed E-state index contributed by atoms with van der Waals surface area (Å²) in [7, 11) is 0. The minimum absolute atomic E-state index is 0.00752. The molecular weight excluding hydrogens is 302 g/mol. The summed E-state index contributed by atoms with van der Waals surface area (Å²) < 4.78 is 5.35. The minimum Gasteiger partial charge on any atom is -0.444 e. The van der Waals surface area contributed by atoms with Gasteiger partial charge in [-0.3, -0.25) is 4.98 Å². The number of amides is 1. The van der Waals surface area contributed by atoms with Crippen LogP contribution in [0.15, 0.2) is 36.0 Å². The number of carbonyl (C=O) groups excluding carboxylic acids is 1. The Morgan fingerprint density at radius 3 is 2.79 bits per heavy atom. The van der Waals surface area contributed by atoms with E-state index >= 15 is 0 Å². The van der Waals surface area contributed by atoms with Crippen molar-refractivity contribution in [3.8, 4) is 0 Å². The number of carbonyl (C=O) groups is 1. The third-order valence-corrected chi connectivity index (χ3v) is 3.90. The van der Waals surface area contributed by atoms with Gasteiger partial charge in [-0.1, -0.05) is 12.1 Å². The highest BCUT2D eigenvalue weighted by Gasteiger charge is 2.25. The van der Waals surface area contributed by atoms with Crippen LogP contribution in [0, 0.1) is 0 Å². The van der Waals surface area contributed by atoms with E-state index in [2.05, 4.69) is 15.3 Å². The molecule has 1 aliphatic carbocycles. The molecule has 0 spiro atoms. The highest BCUT2D eigenvalue weighted by atomic mass is 16.6. The maximum atomic E-state index is 12.0. The molecule has 0 radical (unpaired) electrons. The summed E-state index contributed by atoms with van der Waals surface area (Å²) in [5.74, 6) is 0. The van der Waals surface area contributed by atoms with Crippen molar-refractivity contribution in [1.29, 1.82) is 0 Å². The molecule has 0 bridgehead atoms. The fourth-order valence-corrected chi connectivity index (χ4v) is 2.89. The van der Waals surface area contributed by atoms with Gasteiger partial charge in [0.15, 0.2) is 0 Å². The van der Waals surface area contributed by atoms with Gasteiger partial charge < -0.3 is 10.1 Å². The topological polar surface area (TPSA) is 64.1 Å². The lowest BCUT2D eigenvalue weighted by molar-refractivity contribution is 0.0513. The van der Waals surface area contributed by atoms with Crippen molar-refractivity contribution in [1.82, 2.24) is 15.3 Å². The first kappa shape index (κ1) is 16.4. The molecule has 5 heteroatoms. The second-order valence-electron chi connectivity index (χ2n) is 7.09. The van der Waals surface area contributed by atoms with Crippen LogP contribution in [0.1, 0.15) is 45.7 Å². The Bertz CT molecular complexity index is 778. The summed E-state index contributed by atoms with van der Waals surface area (Å²) in [4.78, 5) is 21.1. The number of nitrogens with one attached hydrogen (secondary N) is 1. The Labute approximate surface area is 142 Å². The highest BCUT2D eigenvalue weighted by molar-refractivity contribution is 5.75. The predicted octanol–water partition coefficient (Wildman–Crippen LogP) is 4.09. The molecule has 1 saturated carbocycles. The molecule has 126 valence electrons. The quantitative estimate of drug-likeness (QED) is 0.903. The number of ether oxygens (including phenoxy) is 1. The van der Waals surface area contributed by atoms with Gasteiger partial charge in [-0.15, -0.1) is 0 Å². The molecule has 1 N–H and O–H groups in total. The van der Waals surface area contributed by atoms with E-state index in [0.717, 1.165) is 36.0 Å². The normalized spacial score (nSPS) is 19.6. The summed E-state index contributed by atoms with van der Waals surface area (Å²) in [6.07, 6.45) is 6.37. The SMILES string of the molecule is CC(C)(C)OC(=O)NC1CCCC1=Cc1cnc2ccccc2n1. The van der Waals surface area contributed by atoms with Gasteiger partial charge in [-0.05, 0) is 63.8 Å². The number of rotatable bonds is 2. The van der Waals surface area contributed by atoms with Crippen molar-refractivity contribution >= 4 is 23.2 Å². The number of para-hydroxylation sites is 2. The number of benzene rings is 1. The van der Waals surface area contributed by atoms with E-state index in [1.165, 1.54) is 5.57 Å². The second-order valence-corrected chi connectivity index (χ2v) is 7.09. The summed E-state index contributed by atoms with van der Waals surface area (Å²) in [5, 5.41) is 2.97. The Morgan fingerprint density at radius 2 is 2.04 bits per heavy atom. The van der Waals surface area contributed by atoms with Crippen molar-refractivity contribution in [3.05, 3.63) is 41.7 Å². The molecule has 5 nitrogen and oxygen atoms in total. The maximum Gasteiger partial charge on any atom is 0.408 e. The monoisotopic (exact) mass is 325 g/mol. The molecule has 0 saturated heterocycles. The molecule has 1 aliphatic rings. The van der Waals surface area contributed by atoms with E-state index in [9.17, 15) is 4.79 Å². The third kappa shape index (κ3) is 4.10. The Morgan fingerprint density at radius 1 is 1.29 bits per heavy atom. The molecule has 1 unspecified atom stereocenters. The summed E-state index contributed by atoms with van der Waals surface area (Å²) in [6.45, 7) is 5.59. The van der Waals surface area contributed by atoms with E-state index in [1.54, 1.807) is 6.20 Å². The minimum atomic E-state index is -0.490. The Hall–Kier alpha value is -2.43. The highest BCUT2D eigenvalue weighted by Crippen LogP contribution is 2.27. The molecule has 1 amide bonds. The van der Waals surface area contributed by atoms with E-state index in [1.807, 2.05) is 51.1 Å². The van der Waals surface area contributed by atoms with Crippen molar-refractivity contribution in [3.63, 3.8) is 0 Å². The molecule has 2 aromatic rings. The summed E-state index contributed by atoms with van der Waals surface area (Å²) in [6, 6.07) is 7.81. The van der Waals surface area contributed by atoms with Gasteiger partial charge in [-0.2, -0.15) is 0 Å². The maximum absolute atomic E-state index is 12.0. The average Bonchev–Trinajstić information content (AvgIpc) is 2.92. The molecule has 0 aliphatic heterocycles. The molecule has 1 aromatic carbocycles. The fourth-order valence-electron chi connectivity index (χ4n) is 2.89. The van der Waals surface area contributed by atoms with Crippen molar-refractivity contribution in [2.75, 3.05) is 0 Å². The molecule has 1 heterocycles. The lowest BCUT2D eigenvalue weighted by atomic mass is 10.1. The van der Waals surface area contributed by atoms with Gasteiger partial charge in [0.2, 0.25) is 0 Å². The lowest BCUT2D eigenvalue weighted by Crippen LogP contribution is -2.38. The molecule has 1 fully saturated rings. The van der Waals surface area contributed by atoms with E-state index in [-0.39, 0.29) is 12.1 Å². The first-order valence-corrected chi connectivity index (χ1v) is 8.32. The third-order valence-electron chi connectivity index (χ3n) is 3.90. The van der Waals surface area contributed by atoms with Gasteiger partial charge in [0.1, 0.15) is 5.60 Å². The first-order valence-electron chi connectivity index (χ1n) is 8.32. The lowest BCUT2D eigenvalue weighted by Gasteiger charge is -2.22. The van der Waals surface area contributed by atoms with Crippen LogP contribution in [-0.4, -0.2) is 27.7 Å². The standard InChI is InChI=1S/C19H23N3O2/c1-19(2,3)24-18(23)22-15-10-6-7-13(15)11-14-12-20-16-8-4-5-9-17(16)21-14/h4-5,8-9,11-12,15H,6-7,10H2,1-3H3,(H,22,23). The molecule has 1 atom stereocenters. The largest absolute Gasteiger partial charge is 0.444 e. The van der Waals surface area contributed by atoms with Crippen molar-refractivity contribution in [2.45, 2.75) is 51.7 Å². The molecule has 3 rings (SSSR count).